The van der Waals surface area contributed by atoms with E-state index in [4.69, 9.17) is 4.74 Å². The third-order valence-electron chi connectivity index (χ3n) is 3.81. The Labute approximate surface area is 123 Å². The number of nitrogens with one attached hydrogen (secondary N) is 1. The summed E-state index contributed by atoms with van der Waals surface area (Å²) in [5.74, 6) is -0.544. The van der Waals surface area contributed by atoms with Crippen molar-refractivity contribution in [1.29, 1.82) is 0 Å². The number of Topliss-reactive ketones (excluding diaryl/α,β-unsaturated/α-hetero) is 1. The molecule has 0 bridgehead atoms. The Hall–Kier alpha value is -1.95. The van der Waals surface area contributed by atoms with Gasteiger partial charge in [-0.3, -0.25) is 14.5 Å². The van der Waals surface area contributed by atoms with Gasteiger partial charge in [0.2, 0.25) is 5.91 Å². The van der Waals surface area contributed by atoms with E-state index < -0.39 is 11.4 Å². The summed E-state index contributed by atoms with van der Waals surface area (Å²) >= 11 is 0. The summed E-state index contributed by atoms with van der Waals surface area (Å²) in [6.07, 6.45) is 0. The second-order valence-electron chi connectivity index (χ2n) is 5.50. The van der Waals surface area contributed by atoms with Crippen LogP contribution in [0.25, 0.3) is 0 Å². The van der Waals surface area contributed by atoms with Crippen LogP contribution in [0.1, 0.15) is 24.2 Å². The van der Waals surface area contributed by atoms with Gasteiger partial charge in [-0.15, -0.1) is 0 Å². The lowest BCUT2D eigenvalue weighted by atomic mass is 9.97. The number of amides is 1. The molecule has 1 N–H and O–H groups in total. The van der Waals surface area contributed by atoms with Crippen LogP contribution in [-0.2, 0) is 4.79 Å². The highest BCUT2D eigenvalue weighted by atomic mass is 19.1. The second-order valence-corrected chi connectivity index (χ2v) is 5.50. The van der Waals surface area contributed by atoms with Crippen molar-refractivity contribution in [2.24, 2.45) is 0 Å². The average Bonchev–Trinajstić information content (AvgIpc) is 2.44. The van der Waals surface area contributed by atoms with Gasteiger partial charge in [-0.1, -0.05) is 0 Å². The SMILES string of the molecule is COc1ccc(F)cc1C(=O)CN1CCNC(=O)C1(C)C. The van der Waals surface area contributed by atoms with E-state index in [1.807, 2.05) is 0 Å². The molecule has 6 heteroatoms. The minimum absolute atomic E-state index is 0.0419. The highest BCUT2D eigenvalue weighted by molar-refractivity contribution is 6.00. The van der Waals surface area contributed by atoms with E-state index in [0.717, 1.165) is 6.07 Å². The lowest BCUT2D eigenvalue weighted by molar-refractivity contribution is -0.134. The predicted molar refractivity (Wildman–Crippen MR) is 75.9 cm³/mol. The third kappa shape index (κ3) is 3.05. The number of methoxy groups -OCH3 is 1. The van der Waals surface area contributed by atoms with E-state index >= 15 is 0 Å². The molecule has 1 aliphatic heterocycles. The Balaban J connectivity index is 2.22. The maximum atomic E-state index is 13.4. The van der Waals surface area contributed by atoms with Crippen molar-refractivity contribution in [3.63, 3.8) is 0 Å². The molecule has 1 fully saturated rings. The number of ketones is 1. The van der Waals surface area contributed by atoms with Crippen LogP contribution in [0.2, 0.25) is 0 Å². The molecule has 0 atom stereocenters. The summed E-state index contributed by atoms with van der Waals surface area (Å²) < 4.78 is 18.4. The number of nitrogens with zero attached hydrogens (tertiary/aromatic N) is 1. The topological polar surface area (TPSA) is 58.6 Å². The molecular formula is C15H19FN2O3. The Morgan fingerprint density at radius 1 is 1.48 bits per heavy atom. The first kappa shape index (κ1) is 15.4. The van der Waals surface area contributed by atoms with E-state index in [1.165, 1.54) is 19.2 Å². The zero-order valence-electron chi connectivity index (χ0n) is 12.4. The van der Waals surface area contributed by atoms with Gasteiger partial charge in [0.05, 0.1) is 24.8 Å². The molecule has 0 saturated carbocycles. The summed E-state index contributed by atoms with van der Waals surface area (Å²) in [6.45, 7) is 4.63. The monoisotopic (exact) mass is 294 g/mol. The quantitative estimate of drug-likeness (QED) is 0.849. The van der Waals surface area contributed by atoms with Gasteiger partial charge in [0.25, 0.3) is 0 Å². The van der Waals surface area contributed by atoms with E-state index in [0.29, 0.717) is 18.8 Å². The number of carbonyl (C=O) groups is 2. The van der Waals surface area contributed by atoms with Crippen molar-refractivity contribution in [1.82, 2.24) is 10.2 Å². The summed E-state index contributed by atoms with van der Waals surface area (Å²) in [4.78, 5) is 26.1. The van der Waals surface area contributed by atoms with Gasteiger partial charge in [0.15, 0.2) is 5.78 Å². The van der Waals surface area contributed by atoms with Crippen LogP contribution in [0.3, 0.4) is 0 Å². The van der Waals surface area contributed by atoms with Crippen LogP contribution >= 0.6 is 0 Å². The first-order chi connectivity index (χ1) is 9.86. The number of benzene rings is 1. The maximum absolute atomic E-state index is 13.4. The predicted octanol–water partition coefficient (Wildman–Crippen LogP) is 1.23. The van der Waals surface area contributed by atoms with Crippen molar-refractivity contribution < 1.29 is 18.7 Å². The van der Waals surface area contributed by atoms with Crippen LogP contribution in [0.5, 0.6) is 5.75 Å². The van der Waals surface area contributed by atoms with Crippen molar-refractivity contribution in [3.05, 3.63) is 29.6 Å². The number of halogens is 1. The summed E-state index contributed by atoms with van der Waals surface area (Å²) in [6, 6.07) is 3.84. The van der Waals surface area contributed by atoms with Gasteiger partial charge < -0.3 is 10.1 Å². The number of ether oxygens (including phenoxy) is 1. The first-order valence-electron chi connectivity index (χ1n) is 6.76. The number of piperazine rings is 1. The molecule has 1 aromatic carbocycles. The number of hydrogen-bond acceptors (Lipinski definition) is 4. The molecule has 114 valence electrons. The molecule has 1 amide bonds. The summed E-state index contributed by atoms with van der Waals surface area (Å²) in [5, 5.41) is 2.77. The van der Waals surface area contributed by atoms with E-state index in [2.05, 4.69) is 5.32 Å². The summed E-state index contributed by atoms with van der Waals surface area (Å²) in [7, 11) is 1.43. The van der Waals surface area contributed by atoms with Gasteiger partial charge in [-0.2, -0.15) is 0 Å². The van der Waals surface area contributed by atoms with E-state index in [-0.39, 0.29) is 23.8 Å². The highest BCUT2D eigenvalue weighted by Gasteiger charge is 2.38. The fourth-order valence-electron chi connectivity index (χ4n) is 2.38. The van der Waals surface area contributed by atoms with Crippen molar-refractivity contribution in [3.8, 4) is 5.75 Å². The molecule has 5 nitrogen and oxygen atoms in total. The zero-order valence-corrected chi connectivity index (χ0v) is 12.4. The van der Waals surface area contributed by atoms with E-state index in [9.17, 15) is 14.0 Å². The largest absolute Gasteiger partial charge is 0.496 e. The van der Waals surface area contributed by atoms with Crippen LogP contribution in [0.15, 0.2) is 18.2 Å². The molecule has 21 heavy (non-hydrogen) atoms. The Bertz CT molecular complexity index is 572. The number of carbonyl (C=O) groups excluding carboxylic acids is 2. The van der Waals surface area contributed by atoms with Gasteiger partial charge in [-0.05, 0) is 32.0 Å². The van der Waals surface area contributed by atoms with Gasteiger partial charge >= 0.3 is 0 Å². The molecule has 2 rings (SSSR count). The Kier molecular flexibility index (Phi) is 4.27. The number of rotatable bonds is 4. The molecule has 1 saturated heterocycles. The van der Waals surface area contributed by atoms with Crippen molar-refractivity contribution >= 4 is 11.7 Å². The zero-order chi connectivity index (χ0) is 15.6. The van der Waals surface area contributed by atoms with Crippen LogP contribution in [-0.4, -0.2) is 48.9 Å². The lowest BCUT2D eigenvalue weighted by Gasteiger charge is -2.40. The van der Waals surface area contributed by atoms with Crippen molar-refractivity contribution in [2.45, 2.75) is 19.4 Å². The standard InChI is InChI=1S/C15H19FN2O3/c1-15(2)14(20)17-6-7-18(15)9-12(19)11-8-10(16)4-5-13(11)21-3/h4-5,8H,6-7,9H2,1-3H3,(H,17,20). The van der Waals surface area contributed by atoms with Crippen LogP contribution < -0.4 is 10.1 Å². The molecule has 1 heterocycles. The molecule has 1 aromatic rings. The maximum Gasteiger partial charge on any atom is 0.240 e. The smallest absolute Gasteiger partial charge is 0.240 e. The summed E-state index contributed by atoms with van der Waals surface area (Å²) in [5.41, 5.74) is -0.576. The van der Waals surface area contributed by atoms with Gasteiger partial charge in [-0.25, -0.2) is 4.39 Å². The molecule has 0 spiro atoms. The third-order valence-corrected chi connectivity index (χ3v) is 3.81. The van der Waals surface area contributed by atoms with E-state index in [1.54, 1.807) is 18.7 Å². The molecule has 0 aliphatic carbocycles. The minimum Gasteiger partial charge on any atom is -0.496 e. The molecule has 0 aromatic heterocycles. The minimum atomic E-state index is -0.769. The Morgan fingerprint density at radius 3 is 2.86 bits per heavy atom. The second kappa shape index (κ2) is 5.81. The molecule has 0 radical (unpaired) electrons. The highest BCUT2D eigenvalue weighted by Crippen LogP contribution is 2.23. The van der Waals surface area contributed by atoms with Gasteiger partial charge in [0.1, 0.15) is 11.6 Å². The van der Waals surface area contributed by atoms with Gasteiger partial charge in [0, 0.05) is 13.1 Å². The average molecular weight is 294 g/mol. The molecule has 0 unspecified atom stereocenters. The Morgan fingerprint density at radius 2 is 2.19 bits per heavy atom. The normalized spacial score (nSPS) is 18.2. The number of hydrogen-bond donors (Lipinski definition) is 1. The lowest BCUT2D eigenvalue weighted by Crippen LogP contribution is -2.62. The fourth-order valence-corrected chi connectivity index (χ4v) is 2.38. The van der Waals surface area contributed by atoms with Crippen molar-refractivity contribution in [2.75, 3.05) is 26.7 Å². The molecule has 1 aliphatic rings. The fraction of sp³-hybridized carbons (Fsp3) is 0.467. The molecular weight excluding hydrogens is 275 g/mol. The van der Waals surface area contributed by atoms with Crippen LogP contribution in [0, 0.1) is 5.82 Å². The first-order valence-corrected chi connectivity index (χ1v) is 6.76. The van der Waals surface area contributed by atoms with Crippen LogP contribution in [0.4, 0.5) is 4.39 Å².